The summed E-state index contributed by atoms with van der Waals surface area (Å²) in [5.74, 6) is 0.430. The third kappa shape index (κ3) is 4.14. The predicted octanol–water partition coefficient (Wildman–Crippen LogP) is 3.32. The van der Waals surface area contributed by atoms with E-state index in [1.165, 1.54) is 12.1 Å². The fourth-order valence-electron chi connectivity index (χ4n) is 1.29. The Labute approximate surface area is 112 Å². The fraction of sp³-hybridized carbons (Fsp3) is 0.455. The first-order chi connectivity index (χ1) is 7.84. The van der Waals surface area contributed by atoms with E-state index < -0.39 is 10.0 Å². The zero-order chi connectivity index (χ0) is 13.1. The highest BCUT2D eigenvalue weighted by Crippen LogP contribution is 2.28. The SMILES string of the molecule is CC(C)CCNS(=O)(=O)c1c(Cl)cccc1Cl. The average molecular weight is 296 g/mol. The Morgan fingerprint density at radius 1 is 1.24 bits per heavy atom. The second kappa shape index (κ2) is 6.05. The van der Waals surface area contributed by atoms with Crippen molar-refractivity contribution in [2.75, 3.05) is 6.54 Å². The molecule has 0 unspecified atom stereocenters. The van der Waals surface area contributed by atoms with Crippen LogP contribution in [-0.4, -0.2) is 15.0 Å². The Balaban J connectivity index is 2.90. The van der Waals surface area contributed by atoms with Crippen molar-refractivity contribution in [2.45, 2.75) is 25.2 Å². The number of nitrogens with one attached hydrogen (secondary N) is 1. The predicted molar refractivity (Wildman–Crippen MR) is 71.1 cm³/mol. The maximum Gasteiger partial charge on any atom is 0.243 e. The van der Waals surface area contributed by atoms with Gasteiger partial charge in [-0.15, -0.1) is 0 Å². The van der Waals surface area contributed by atoms with Crippen LogP contribution in [0.5, 0.6) is 0 Å². The summed E-state index contributed by atoms with van der Waals surface area (Å²) in [5.41, 5.74) is 0. The summed E-state index contributed by atoms with van der Waals surface area (Å²) in [4.78, 5) is -0.0490. The molecular formula is C11H15Cl2NO2S. The molecule has 0 heterocycles. The Morgan fingerprint density at radius 2 is 1.76 bits per heavy atom. The molecule has 0 aromatic heterocycles. The lowest BCUT2D eigenvalue weighted by Gasteiger charge is -2.10. The lowest BCUT2D eigenvalue weighted by Crippen LogP contribution is -2.26. The van der Waals surface area contributed by atoms with E-state index in [0.717, 1.165) is 6.42 Å². The number of rotatable bonds is 5. The Bertz CT molecular complexity index is 466. The third-order valence-corrected chi connectivity index (χ3v) is 4.62. The smallest absolute Gasteiger partial charge is 0.211 e. The molecule has 0 spiro atoms. The van der Waals surface area contributed by atoms with Crippen molar-refractivity contribution in [1.29, 1.82) is 0 Å². The Hall–Kier alpha value is -0.290. The van der Waals surface area contributed by atoms with Crippen molar-refractivity contribution in [1.82, 2.24) is 4.72 Å². The van der Waals surface area contributed by atoms with Crippen LogP contribution in [0.25, 0.3) is 0 Å². The van der Waals surface area contributed by atoms with Crippen molar-refractivity contribution in [3.63, 3.8) is 0 Å². The molecular weight excluding hydrogens is 281 g/mol. The van der Waals surface area contributed by atoms with Crippen molar-refractivity contribution in [3.05, 3.63) is 28.2 Å². The van der Waals surface area contributed by atoms with Gasteiger partial charge in [0.05, 0.1) is 10.0 Å². The van der Waals surface area contributed by atoms with E-state index in [0.29, 0.717) is 12.5 Å². The zero-order valence-corrected chi connectivity index (χ0v) is 12.0. The summed E-state index contributed by atoms with van der Waals surface area (Å²) >= 11 is 11.7. The second-order valence-electron chi connectivity index (χ2n) is 4.13. The number of hydrogen-bond donors (Lipinski definition) is 1. The average Bonchev–Trinajstić information content (AvgIpc) is 2.15. The highest BCUT2D eigenvalue weighted by Gasteiger charge is 2.20. The Morgan fingerprint density at radius 3 is 2.24 bits per heavy atom. The fourth-order valence-corrected chi connectivity index (χ4v) is 3.48. The molecule has 0 amide bonds. The van der Waals surface area contributed by atoms with Gasteiger partial charge in [0.1, 0.15) is 4.90 Å². The van der Waals surface area contributed by atoms with E-state index in [9.17, 15) is 8.42 Å². The number of sulfonamides is 1. The van der Waals surface area contributed by atoms with Gasteiger partial charge in [-0.2, -0.15) is 0 Å². The van der Waals surface area contributed by atoms with E-state index in [-0.39, 0.29) is 14.9 Å². The third-order valence-electron chi connectivity index (χ3n) is 2.20. The highest BCUT2D eigenvalue weighted by atomic mass is 35.5. The molecule has 6 heteroatoms. The molecule has 0 aliphatic carbocycles. The summed E-state index contributed by atoms with van der Waals surface area (Å²) in [6, 6.07) is 4.62. The van der Waals surface area contributed by atoms with Gasteiger partial charge < -0.3 is 0 Å². The van der Waals surface area contributed by atoms with Crippen LogP contribution in [0.2, 0.25) is 10.0 Å². The lowest BCUT2D eigenvalue weighted by atomic mass is 10.1. The van der Waals surface area contributed by atoms with Crippen LogP contribution in [0, 0.1) is 5.92 Å². The van der Waals surface area contributed by atoms with Gasteiger partial charge in [-0.05, 0) is 24.5 Å². The van der Waals surface area contributed by atoms with Gasteiger partial charge in [-0.1, -0.05) is 43.1 Å². The summed E-state index contributed by atoms with van der Waals surface area (Å²) in [6.45, 7) is 4.43. The van der Waals surface area contributed by atoms with Crippen molar-refractivity contribution >= 4 is 33.2 Å². The van der Waals surface area contributed by atoms with Crippen molar-refractivity contribution < 1.29 is 8.42 Å². The second-order valence-corrected chi connectivity index (χ2v) is 6.65. The molecule has 0 atom stereocenters. The molecule has 0 aliphatic rings. The quantitative estimate of drug-likeness (QED) is 0.906. The minimum atomic E-state index is -3.63. The van der Waals surface area contributed by atoms with Gasteiger partial charge in [0.15, 0.2) is 0 Å². The van der Waals surface area contributed by atoms with Crippen LogP contribution in [0.4, 0.5) is 0 Å². The van der Waals surface area contributed by atoms with Gasteiger partial charge >= 0.3 is 0 Å². The molecule has 17 heavy (non-hydrogen) atoms. The molecule has 0 saturated carbocycles. The van der Waals surface area contributed by atoms with Crippen LogP contribution in [-0.2, 0) is 10.0 Å². The van der Waals surface area contributed by atoms with Crippen LogP contribution >= 0.6 is 23.2 Å². The standard InChI is InChI=1S/C11H15Cl2NO2S/c1-8(2)6-7-14-17(15,16)11-9(12)4-3-5-10(11)13/h3-5,8,14H,6-7H2,1-2H3. The van der Waals surface area contributed by atoms with Crippen LogP contribution in [0.15, 0.2) is 23.1 Å². The topological polar surface area (TPSA) is 46.2 Å². The van der Waals surface area contributed by atoms with E-state index in [1.807, 2.05) is 13.8 Å². The van der Waals surface area contributed by atoms with Crippen LogP contribution < -0.4 is 4.72 Å². The van der Waals surface area contributed by atoms with Gasteiger partial charge in [-0.3, -0.25) is 0 Å². The first-order valence-electron chi connectivity index (χ1n) is 5.28. The lowest BCUT2D eigenvalue weighted by molar-refractivity contribution is 0.551. The van der Waals surface area contributed by atoms with Gasteiger partial charge in [0.2, 0.25) is 10.0 Å². The number of benzene rings is 1. The molecule has 0 saturated heterocycles. The van der Waals surface area contributed by atoms with E-state index in [1.54, 1.807) is 6.07 Å². The summed E-state index contributed by atoms with van der Waals surface area (Å²) in [6.07, 6.45) is 0.765. The largest absolute Gasteiger partial charge is 0.243 e. The van der Waals surface area contributed by atoms with Crippen molar-refractivity contribution in [3.8, 4) is 0 Å². The van der Waals surface area contributed by atoms with Crippen molar-refractivity contribution in [2.24, 2.45) is 5.92 Å². The molecule has 0 radical (unpaired) electrons. The first kappa shape index (κ1) is 14.8. The summed E-state index contributed by atoms with van der Waals surface area (Å²) in [5, 5.41) is 0.268. The summed E-state index contributed by atoms with van der Waals surface area (Å²) in [7, 11) is -3.63. The zero-order valence-electron chi connectivity index (χ0n) is 9.70. The minimum Gasteiger partial charge on any atom is -0.211 e. The highest BCUT2D eigenvalue weighted by molar-refractivity contribution is 7.89. The van der Waals surface area contributed by atoms with Crippen LogP contribution in [0.1, 0.15) is 20.3 Å². The normalized spacial score (nSPS) is 12.1. The summed E-state index contributed by atoms with van der Waals surface area (Å²) < 4.78 is 26.4. The van der Waals surface area contributed by atoms with Gasteiger partial charge in [0, 0.05) is 6.54 Å². The van der Waals surface area contributed by atoms with Gasteiger partial charge in [-0.25, -0.2) is 13.1 Å². The molecule has 0 aliphatic heterocycles. The molecule has 0 fully saturated rings. The van der Waals surface area contributed by atoms with E-state index >= 15 is 0 Å². The first-order valence-corrected chi connectivity index (χ1v) is 7.52. The van der Waals surface area contributed by atoms with Gasteiger partial charge in [0.25, 0.3) is 0 Å². The van der Waals surface area contributed by atoms with Crippen LogP contribution in [0.3, 0.4) is 0 Å². The molecule has 1 N–H and O–H groups in total. The van der Waals surface area contributed by atoms with E-state index in [2.05, 4.69) is 4.72 Å². The number of hydrogen-bond acceptors (Lipinski definition) is 2. The van der Waals surface area contributed by atoms with E-state index in [4.69, 9.17) is 23.2 Å². The maximum absolute atomic E-state index is 12.0. The monoisotopic (exact) mass is 295 g/mol. The minimum absolute atomic E-state index is 0.0490. The number of halogens is 2. The molecule has 0 bridgehead atoms. The maximum atomic E-state index is 12.0. The molecule has 1 rings (SSSR count). The molecule has 1 aromatic rings. The molecule has 3 nitrogen and oxygen atoms in total. The molecule has 96 valence electrons. The Kier molecular flexibility index (Phi) is 5.25. The molecule has 1 aromatic carbocycles.